The first-order chi connectivity index (χ1) is 10.1. The van der Waals surface area contributed by atoms with E-state index in [9.17, 15) is 4.79 Å². The Kier molecular flexibility index (Phi) is 7.65. The normalized spacial score (nSPS) is 20.9. The number of amides is 1. The number of halogens is 1. The molecule has 22 heavy (non-hydrogen) atoms. The summed E-state index contributed by atoms with van der Waals surface area (Å²) in [6.07, 6.45) is -0.101. The number of carbonyl (C=O) groups is 1. The molecular weight excluding hydrogens is 304 g/mol. The topological polar surface area (TPSA) is 50.8 Å². The average Bonchev–Trinajstić information content (AvgIpc) is 2.49. The van der Waals surface area contributed by atoms with Crippen LogP contribution in [0.25, 0.3) is 0 Å². The van der Waals surface area contributed by atoms with Crippen molar-refractivity contribution >= 4 is 18.3 Å². The molecule has 0 aliphatic carbocycles. The number of ether oxygens (including phenoxy) is 2. The van der Waals surface area contributed by atoms with E-state index in [-0.39, 0.29) is 30.5 Å². The lowest BCUT2D eigenvalue weighted by molar-refractivity contribution is -0.138. The van der Waals surface area contributed by atoms with E-state index in [0.29, 0.717) is 26.3 Å². The minimum atomic E-state index is -0.275. The summed E-state index contributed by atoms with van der Waals surface area (Å²) < 4.78 is 11.1. The monoisotopic (exact) mass is 328 g/mol. The van der Waals surface area contributed by atoms with Gasteiger partial charge in [-0.05, 0) is 19.9 Å². The van der Waals surface area contributed by atoms with Crippen molar-refractivity contribution in [2.45, 2.75) is 32.5 Å². The molecule has 0 bridgehead atoms. The molecule has 0 spiro atoms. The van der Waals surface area contributed by atoms with Crippen LogP contribution >= 0.6 is 12.4 Å². The lowest BCUT2D eigenvalue weighted by atomic mass is 10.1. The molecule has 1 aromatic carbocycles. The van der Waals surface area contributed by atoms with E-state index in [4.69, 9.17) is 9.47 Å². The molecule has 0 unspecified atom stereocenters. The van der Waals surface area contributed by atoms with Crippen molar-refractivity contribution in [1.29, 1.82) is 0 Å². The molecular formula is C16H25ClN2O3. The highest BCUT2D eigenvalue weighted by atomic mass is 35.5. The summed E-state index contributed by atoms with van der Waals surface area (Å²) in [5, 5.41) is 3.23. The maximum atomic E-state index is 12.5. The van der Waals surface area contributed by atoms with Crippen molar-refractivity contribution in [2.24, 2.45) is 0 Å². The minimum Gasteiger partial charge on any atom is -0.494 e. The Hall–Kier alpha value is -1.30. The number of hydrogen-bond acceptors (Lipinski definition) is 4. The summed E-state index contributed by atoms with van der Waals surface area (Å²) in [4.78, 5) is 14.2. The minimum absolute atomic E-state index is 0. The summed E-state index contributed by atoms with van der Waals surface area (Å²) in [5.74, 6) is 0.883. The number of likely N-dealkylation sites (N-methyl/N-ethyl adjacent to an activating group) is 1. The number of nitrogens with zero attached hydrogens (tertiary/aromatic N) is 1. The quantitative estimate of drug-likeness (QED) is 0.896. The van der Waals surface area contributed by atoms with Crippen molar-refractivity contribution in [3.8, 4) is 5.75 Å². The number of para-hydroxylation sites is 1. The third-order valence-electron chi connectivity index (χ3n) is 3.64. The smallest absolute Gasteiger partial charge is 0.242 e. The van der Waals surface area contributed by atoms with Crippen LogP contribution in [0.4, 0.5) is 0 Å². The van der Waals surface area contributed by atoms with E-state index in [1.54, 1.807) is 4.90 Å². The molecule has 1 fully saturated rings. The molecule has 0 aromatic heterocycles. The maximum absolute atomic E-state index is 12.5. The second-order valence-electron chi connectivity index (χ2n) is 5.24. The van der Waals surface area contributed by atoms with Crippen molar-refractivity contribution in [3.63, 3.8) is 0 Å². The van der Waals surface area contributed by atoms with E-state index in [1.807, 2.05) is 45.2 Å². The molecule has 2 atom stereocenters. The summed E-state index contributed by atoms with van der Waals surface area (Å²) in [5.41, 5.74) is 1.01. The number of rotatable bonds is 5. The van der Waals surface area contributed by atoms with Gasteiger partial charge in [-0.1, -0.05) is 18.2 Å². The molecule has 1 aliphatic rings. The highest BCUT2D eigenvalue weighted by Crippen LogP contribution is 2.20. The van der Waals surface area contributed by atoms with Crippen LogP contribution < -0.4 is 10.1 Å². The van der Waals surface area contributed by atoms with E-state index in [1.165, 1.54) is 0 Å². The van der Waals surface area contributed by atoms with Gasteiger partial charge in [0, 0.05) is 25.7 Å². The van der Waals surface area contributed by atoms with Gasteiger partial charge in [-0.2, -0.15) is 0 Å². The van der Waals surface area contributed by atoms with Gasteiger partial charge in [-0.3, -0.25) is 4.79 Å². The van der Waals surface area contributed by atoms with E-state index >= 15 is 0 Å². The van der Waals surface area contributed by atoms with Gasteiger partial charge in [0.25, 0.3) is 0 Å². The van der Waals surface area contributed by atoms with Crippen LogP contribution in [-0.4, -0.2) is 49.8 Å². The molecule has 1 heterocycles. The standard InChI is InChI=1S/C16H24N2O3.ClH/c1-4-20-14-8-6-5-7-13(14)11-18(3)16(19)15-12(2)21-10-9-17-15;/h5-8,12,15,17H,4,9-11H2,1-3H3;1H/t12-,15+;/m1./s1. The number of hydrogen-bond donors (Lipinski definition) is 1. The predicted molar refractivity (Wildman–Crippen MR) is 88.5 cm³/mol. The van der Waals surface area contributed by atoms with E-state index in [2.05, 4.69) is 5.32 Å². The van der Waals surface area contributed by atoms with Crippen LogP contribution in [0, 0.1) is 0 Å². The van der Waals surface area contributed by atoms with Gasteiger partial charge >= 0.3 is 0 Å². The first-order valence-corrected chi connectivity index (χ1v) is 7.44. The Bertz CT molecular complexity index is 484. The molecule has 1 N–H and O–H groups in total. The van der Waals surface area contributed by atoms with Gasteiger partial charge in [0.2, 0.25) is 5.91 Å². The fraction of sp³-hybridized carbons (Fsp3) is 0.562. The Morgan fingerprint density at radius 2 is 2.18 bits per heavy atom. The van der Waals surface area contributed by atoms with Gasteiger partial charge in [0.1, 0.15) is 11.8 Å². The number of nitrogens with one attached hydrogen (secondary N) is 1. The van der Waals surface area contributed by atoms with Crippen molar-refractivity contribution in [1.82, 2.24) is 10.2 Å². The molecule has 124 valence electrons. The molecule has 0 saturated carbocycles. The van der Waals surface area contributed by atoms with Gasteiger partial charge in [0.05, 0.1) is 19.3 Å². The third kappa shape index (κ3) is 4.60. The summed E-state index contributed by atoms with van der Waals surface area (Å²) >= 11 is 0. The van der Waals surface area contributed by atoms with Crippen LogP contribution in [0.1, 0.15) is 19.4 Å². The Balaban J connectivity index is 0.00000242. The van der Waals surface area contributed by atoms with E-state index < -0.39 is 0 Å². The van der Waals surface area contributed by atoms with Gasteiger partial charge in [-0.15, -0.1) is 12.4 Å². The van der Waals surface area contributed by atoms with Crippen LogP contribution in [0.2, 0.25) is 0 Å². The van der Waals surface area contributed by atoms with Crippen molar-refractivity contribution < 1.29 is 14.3 Å². The highest BCUT2D eigenvalue weighted by molar-refractivity contribution is 5.85. The molecule has 1 amide bonds. The lowest BCUT2D eigenvalue weighted by Crippen LogP contribution is -2.55. The van der Waals surface area contributed by atoms with Crippen molar-refractivity contribution in [3.05, 3.63) is 29.8 Å². The third-order valence-corrected chi connectivity index (χ3v) is 3.64. The first kappa shape index (κ1) is 18.7. The fourth-order valence-corrected chi connectivity index (χ4v) is 2.51. The molecule has 6 heteroatoms. The second-order valence-corrected chi connectivity index (χ2v) is 5.24. The number of morpholine rings is 1. The van der Waals surface area contributed by atoms with Gasteiger partial charge in [-0.25, -0.2) is 0 Å². The number of carbonyl (C=O) groups excluding carboxylic acids is 1. The average molecular weight is 329 g/mol. The number of benzene rings is 1. The molecule has 2 rings (SSSR count). The highest BCUT2D eigenvalue weighted by Gasteiger charge is 2.30. The van der Waals surface area contributed by atoms with Crippen molar-refractivity contribution in [2.75, 3.05) is 26.8 Å². The van der Waals surface area contributed by atoms with Crippen LogP contribution in [0.5, 0.6) is 5.75 Å². The Morgan fingerprint density at radius 3 is 2.86 bits per heavy atom. The van der Waals surface area contributed by atoms with Gasteiger partial charge < -0.3 is 19.7 Å². The summed E-state index contributed by atoms with van der Waals surface area (Å²) in [6.45, 7) is 6.39. The molecule has 1 saturated heterocycles. The largest absolute Gasteiger partial charge is 0.494 e. The Morgan fingerprint density at radius 1 is 1.45 bits per heavy atom. The van der Waals surface area contributed by atoms with Gasteiger partial charge in [0.15, 0.2) is 0 Å². The predicted octanol–water partition coefficient (Wildman–Crippen LogP) is 1.84. The molecule has 0 radical (unpaired) electrons. The summed E-state index contributed by atoms with van der Waals surface area (Å²) in [6, 6.07) is 7.54. The molecule has 5 nitrogen and oxygen atoms in total. The van der Waals surface area contributed by atoms with Crippen LogP contribution in [0.3, 0.4) is 0 Å². The lowest BCUT2D eigenvalue weighted by Gasteiger charge is -2.32. The fourth-order valence-electron chi connectivity index (χ4n) is 2.51. The van der Waals surface area contributed by atoms with Crippen LogP contribution in [-0.2, 0) is 16.1 Å². The zero-order valence-corrected chi connectivity index (χ0v) is 14.2. The summed E-state index contributed by atoms with van der Waals surface area (Å²) in [7, 11) is 1.81. The Labute approximate surface area is 138 Å². The van der Waals surface area contributed by atoms with E-state index in [0.717, 1.165) is 11.3 Å². The maximum Gasteiger partial charge on any atom is 0.242 e. The first-order valence-electron chi connectivity index (χ1n) is 7.44. The molecule has 1 aliphatic heterocycles. The zero-order valence-electron chi connectivity index (χ0n) is 13.4. The SMILES string of the molecule is CCOc1ccccc1CN(C)C(=O)[C@H]1NCCO[C@@H]1C.Cl. The van der Waals surface area contributed by atoms with Crippen LogP contribution in [0.15, 0.2) is 24.3 Å². The molecule has 1 aromatic rings. The zero-order chi connectivity index (χ0) is 15.2. The second kappa shape index (κ2) is 8.98.